The minimum absolute atomic E-state index is 0.00794. The summed E-state index contributed by atoms with van der Waals surface area (Å²) in [7, 11) is 2.49. The van der Waals surface area contributed by atoms with Crippen LogP contribution in [0.15, 0.2) is 47.5 Å². The molecule has 0 bridgehead atoms. The number of nitrogens with one attached hydrogen (secondary N) is 2. The molecule has 0 radical (unpaired) electrons. The van der Waals surface area contributed by atoms with Crippen LogP contribution in [0.3, 0.4) is 0 Å². The molecule has 46 heavy (non-hydrogen) atoms. The number of imide groups is 1. The summed E-state index contributed by atoms with van der Waals surface area (Å²) in [5.74, 6) is -4.16. The van der Waals surface area contributed by atoms with Crippen LogP contribution in [0.1, 0.15) is 56.2 Å². The Morgan fingerprint density at radius 1 is 1.02 bits per heavy atom. The number of benzene rings is 2. The zero-order valence-corrected chi connectivity index (χ0v) is 26.6. The number of carbonyl (C=O) groups is 4. The van der Waals surface area contributed by atoms with E-state index < -0.39 is 41.6 Å². The highest BCUT2D eigenvalue weighted by Crippen LogP contribution is 2.36. The van der Waals surface area contributed by atoms with Gasteiger partial charge in [-0.15, -0.1) is 0 Å². The molecule has 1 unspecified atom stereocenters. The van der Waals surface area contributed by atoms with Gasteiger partial charge in [0.1, 0.15) is 5.92 Å². The van der Waals surface area contributed by atoms with E-state index in [9.17, 15) is 28.0 Å². The summed E-state index contributed by atoms with van der Waals surface area (Å²) in [6.45, 7) is 6.16. The molecule has 2 aromatic rings. The lowest BCUT2D eigenvalue weighted by molar-refractivity contribution is -0.144. The number of halogens is 2. The van der Waals surface area contributed by atoms with Crippen LogP contribution in [0.5, 0.6) is 0 Å². The Labute approximate surface area is 267 Å². The molecule has 2 N–H and O–H groups in total. The van der Waals surface area contributed by atoms with Gasteiger partial charge in [0.2, 0.25) is 5.91 Å². The van der Waals surface area contributed by atoms with E-state index in [1.54, 1.807) is 0 Å². The number of aliphatic imine (C=N–C) groups is 1. The highest BCUT2D eigenvalue weighted by molar-refractivity contribution is 6.12. The number of methoxy groups -OCH3 is 2. The summed E-state index contributed by atoms with van der Waals surface area (Å²) >= 11 is 0. The van der Waals surface area contributed by atoms with Gasteiger partial charge in [0.05, 0.1) is 25.5 Å². The Balaban J connectivity index is 1.36. The van der Waals surface area contributed by atoms with Gasteiger partial charge in [0, 0.05) is 25.3 Å². The van der Waals surface area contributed by atoms with Crippen molar-refractivity contribution in [3.05, 3.63) is 65.2 Å². The Bertz CT molecular complexity index is 1460. The molecule has 5 amide bonds. The fraction of sp³-hybridized carbons (Fsp3) is 0.485. The summed E-state index contributed by atoms with van der Waals surface area (Å²) in [6, 6.07) is 7.78. The quantitative estimate of drug-likeness (QED) is 0.264. The molecular formula is C33H41F2N5O6. The first-order valence-electron chi connectivity index (χ1n) is 15.4. The molecule has 248 valence electrons. The Morgan fingerprint density at radius 2 is 1.76 bits per heavy atom. The molecule has 0 spiro atoms. The molecule has 0 aromatic heterocycles. The van der Waals surface area contributed by atoms with Crippen LogP contribution in [0, 0.1) is 23.5 Å². The number of carbonyl (C=O) groups excluding carboxylic acids is 4. The van der Waals surface area contributed by atoms with Crippen molar-refractivity contribution < 1.29 is 37.4 Å². The maximum Gasteiger partial charge on any atom is 0.352 e. The number of urea groups is 2. The topological polar surface area (TPSA) is 130 Å². The summed E-state index contributed by atoms with van der Waals surface area (Å²) in [5, 5.41) is 5.68. The maximum absolute atomic E-state index is 14.3. The number of nitrogens with zero attached hydrogens (tertiary/aromatic N) is 3. The predicted molar refractivity (Wildman–Crippen MR) is 167 cm³/mol. The number of amides is 5. The third kappa shape index (κ3) is 8.32. The molecule has 2 atom stereocenters. The van der Waals surface area contributed by atoms with E-state index in [1.165, 1.54) is 18.7 Å². The number of rotatable bonds is 11. The lowest BCUT2D eigenvalue weighted by Crippen LogP contribution is -2.54. The minimum Gasteiger partial charge on any atom is -0.468 e. The zero-order valence-electron chi connectivity index (χ0n) is 26.6. The van der Waals surface area contributed by atoms with Crippen LogP contribution in [0.4, 0.5) is 24.1 Å². The Kier molecular flexibility index (Phi) is 11.9. The van der Waals surface area contributed by atoms with Crippen molar-refractivity contribution in [2.24, 2.45) is 16.8 Å². The fourth-order valence-electron chi connectivity index (χ4n) is 5.84. The summed E-state index contributed by atoms with van der Waals surface area (Å²) < 4.78 is 38.1. The first-order chi connectivity index (χ1) is 22.0. The second kappa shape index (κ2) is 15.9. The van der Waals surface area contributed by atoms with E-state index in [-0.39, 0.29) is 36.3 Å². The van der Waals surface area contributed by atoms with Crippen LogP contribution in [0.2, 0.25) is 0 Å². The third-order valence-corrected chi connectivity index (χ3v) is 8.31. The van der Waals surface area contributed by atoms with E-state index in [1.807, 2.05) is 32.0 Å². The third-order valence-electron chi connectivity index (χ3n) is 8.31. The number of hydrogen-bond donors (Lipinski definition) is 2. The van der Waals surface area contributed by atoms with Gasteiger partial charge in [-0.25, -0.2) is 23.3 Å². The molecule has 11 nitrogen and oxygen atoms in total. The van der Waals surface area contributed by atoms with Crippen molar-refractivity contribution in [3.8, 4) is 0 Å². The number of piperidine rings is 1. The number of hydrogen-bond acceptors (Lipinski definition) is 7. The Morgan fingerprint density at radius 3 is 2.41 bits per heavy atom. The van der Waals surface area contributed by atoms with Crippen molar-refractivity contribution in [2.75, 3.05) is 52.3 Å². The second-order valence-electron chi connectivity index (χ2n) is 11.8. The van der Waals surface area contributed by atoms with Crippen LogP contribution >= 0.6 is 0 Å². The molecule has 13 heteroatoms. The monoisotopic (exact) mass is 641 g/mol. The first kappa shape index (κ1) is 34.6. The molecule has 2 heterocycles. The molecule has 0 saturated carbocycles. The van der Waals surface area contributed by atoms with Gasteiger partial charge in [0.25, 0.3) is 0 Å². The largest absolute Gasteiger partial charge is 0.468 e. The molecule has 2 aromatic carbocycles. The van der Waals surface area contributed by atoms with Crippen molar-refractivity contribution in [1.82, 2.24) is 15.1 Å². The smallest absolute Gasteiger partial charge is 0.352 e. The Hall–Kier alpha value is -4.23. The summed E-state index contributed by atoms with van der Waals surface area (Å²) in [4.78, 5) is 58.4. The zero-order chi connectivity index (χ0) is 33.4. The van der Waals surface area contributed by atoms with E-state index in [0.717, 1.165) is 55.8 Å². The van der Waals surface area contributed by atoms with Gasteiger partial charge in [-0.05, 0) is 80.2 Å². The van der Waals surface area contributed by atoms with Gasteiger partial charge >= 0.3 is 18.0 Å². The van der Waals surface area contributed by atoms with Crippen LogP contribution in [0.25, 0.3) is 0 Å². The molecular weight excluding hydrogens is 600 g/mol. The van der Waals surface area contributed by atoms with E-state index in [2.05, 4.69) is 26.6 Å². The highest BCUT2D eigenvalue weighted by Gasteiger charge is 2.47. The van der Waals surface area contributed by atoms with Crippen LogP contribution in [-0.2, 0) is 19.1 Å². The SMILES string of the molecule is COCC1=NC(=O)N(C(=O)NCCCN2CCC(c3cccc(NC(=O)C(C)C)c3)CC2)[C@@H](c2ccc(F)c(F)c2)C1C(=O)OC. The van der Waals surface area contributed by atoms with Crippen LogP contribution in [-0.4, -0.2) is 86.5 Å². The summed E-state index contributed by atoms with van der Waals surface area (Å²) in [5.41, 5.74) is 2.02. The average Bonchev–Trinajstić information content (AvgIpc) is 3.04. The van der Waals surface area contributed by atoms with Crippen molar-refractivity contribution >= 4 is 35.3 Å². The van der Waals surface area contributed by atoms with Crippen LogP contribution < -0.4 is 10.6 Å². The number of likely N-dealkylation sites (tertiary alicyclic amines) is 1. The fourth-order valence-corrected chi connectivity index (χ4v) is 5.84. The van der Waals surface area contributed by atoms with Crippen molar-refractivity contribution in [2.45, 2.75) is 45.1 Å². The number of esters is 1. The second-order valence-corrected chi connectivity index (χ2v) is 11.8. The minimum atomic E-state index is -1.34. The standard InChI is InChI=1S/C33H41F2N5O6/c1-20(2)30(41)37-24-8-5-7-22(17-24)21-11-15-39(16-12-21)14-6-13-36-32(43)40-29(23-9-10-25(34)26(35)18-23)28(31(42)46-4)27(19-45-3)38-33(40)44/h5,7-10,17-18,20-21,28-29H,6,11-16,19H2,1-4H3,(H,36,43)(H,37,41)/t28?,29-/m0/s1. The summed E-state index contributed by atoms with van der Waals surface area (Å²) in [6.07, 6.45) is 2.48. The number of anilines is 1. The van der Waals surface area contributed by atoms with Gasteiger partial charge in [0.15, 0.2) is 11.6 Å². The lowest BCUT2D eigenvalue weighted by atomic mass is 9.86. The van der Waals surface area contributed by atoms with Gasteiger partial charge in [-0.2, -0.15) is 4.99 Å². The van der Waals surface area contributed by atoms with Crippen molar-refractivity contribution in [1.29, 1.82) is 0 Å². The lowest BCUT2D eigenvalue weighted by Gasteiger charge is -2.37. The van der Waals surface area contributed by atoms with E-state index >= 15 is 0 Å². The maximum atomic E-state index is 14.3. The highest BCUT2D eigenvalue weighted by atomic mass is 19.2. The molecule has 2 aliphatic rings. The van der Waals surface area contributed by atoms with Gasteiger partial charge in [-0.3, -0.25) is 9.59 Å². The van der Waals surface area contributed by atoms with Crippen molar-refractivity contribution in [3.63, 3.8) is 0 Å². The molecule has 4 rings (SSSR count). The average molecular weight is 642 g/mol. The number of ether oxygens (including phenoxy) is 2. The molecule has 1 saturated heterocycles. The predicted octanol–water partition coefficient (Wildman–Crippen LogP) is 4.89. The van der Waals surface area contributed by atoms with E-state index in [0.29, 0.717) is 18.9 Å². The first-order valence-corrected chi connectivity index (χ1v) is 15.4. The molecule has 2 aliphatic heterocycles. The molecule has 1 fully saturated rings. The molecule has 0 aliphatic carbocycles. The van der Waals surface area contributed by atoms with Gasteiger partial charge in [-0.1, -0.05) is 32.0 Å². The van der Waals surface area contributed by atoms with Gasteiger partial charge < -0.3 is 25.0 Å². The van der Waals surface area contributed by atoms with E-state index in [4.69, 9.17) is 9.47 Å². The normalized spacial score (nSPS) is 19.2.